The zero-order valence-corrected chi connectivity index (χ0v) is 13.5. The molecule has 2 aliphatic rings. The average molecular weight is 323 g/mol. The van der Waals surface area contributed by atoms with Gasteiger partial charge in [-0.2, -0.15) is 0 Å². The van der Waals surface area contributed by atoms with Crippen molar-refractivity contribution >= 4 is 33.2 Å². The van der Waals surface area contributed by atoms with Gasteiger partial charge in [-0.15, -0.1) is 11.3 Å². The first kappa shape index (κ1) is 13.9. The van der Waals surface area contributed by atoms with E-state index in [1.54, 1.807) is 11.3 Å². The lowest BCUT2D eigenvalue weighted by atomic mass is 10.2. The van der Waals surface area contributed by atoms with Crippen LogP contribution in [0.4, 0.5) is 0 Å². The molecular weight excluding hydrogens is 304 g/mol. The summed E-state index contributed by atoms with van der Waals surface area (Å²) in [6.45, 7) is 5.66. The Morgan fingerprint density at radius 1 is 1.24 bits per heavy atom. The van der Waals surface area contributed by atoms with Crippen molar-refractivity contribution in [2.45, 2.75) is 31.8 Å². The maximum absolute atomic E-state index is 6.25. The smallest absolute Gasteiger partial charge is 0.145 e. The Hall–Kier alpha value is -0.750. The number of likely N-dealkylation sites (tertiary alicyclic amines) is 2. The first-order chi connectivity index (χ1) is 10.3. The Kier molecular flexibility index (Phi) is 3.83. The standard InChI is InChI=1S/C15H19ClN4S/c16-14-12-4-8-21-15(12)18-13(17-14)10-19-7-3-11(9-19)20-5-1-2-6-20/h4,8,11H,1-3,5-7,9-10H2. The van der Waals surface area contributed by atoms with Crippen molar-refractivity contribution in [1.29, 1.82) is 0 Å². The van der Waals surface area contributed by atoms with Gasteiger partial charge < -0.3 is 0 Å². The second kappa shape index (κ2) is 5.80. The van der Waals surface area contributed by atoms with Gasteiger partial charge in [0.15, 0.2) is 0 Å². The Balaban J connectivity index is 1.45. The van der Waals surface area contributed by atoms with E-state index in [0.29, 0.717) is 5.15 Å². The van der Waals surface area contributed by atoms with E-state index in [4.69, 9.17) is 11.6 Å². The molecule has 0 spiro atoms. The van der Waals surface area contributed by atoms with Gasteiger partial charge in [0.1, 0.15) is 15.8 Å². The third kappa shape index (κ3) is 2.80. The van der Waals surface area contributed by atoms with Crippen molar-refractivity contribution in [3.63, 3.8) is 0 Å². The molecule has 2 saturated heterocycles. The normalized spacial score (nSPS) is 24.3. The van der Waals surface area contributed by atoms with Crippen molar-refractivity contribution in [2.24, 2.45) is 0 Å². The Bertz CT molecular complexity index is 638. The first-order valence-corrected chi connectivity index (χ1v) is 8.91. The molecule has 4 rings (SSSR count). The van der Waals surface area contributed by atoms with Gasteiger partial charge in [-0.3, -0.25) is 9.80 Å². The summed E-state index contributed by atoms with van der Waals surface area (Å²) in [7, 11) is 0. The van der Waals surface area contributed by atoms with Gasteiger partial charge in [-0.25, -0.2) is 9.97 Å². The quantitative estimate of drug-likeness (QED) is 0.813. The molecule has 1 unspecified atom stereocenters. The molecule has 2 aromatic rings. The highest BCUT2D eigenvalue weighted by molar-refractivity contribution is 7.16. The molecule has 2 fully saturated rings. The van der Waals surface area contributed by atoms with E-state index in [1.165, 1.54) is 32.4 Å². The molecule has 112 valence electrons. The number of rotatable bonds is 3. The van der Waals surface area contributed by atoms with Crippen molar-refractivity contribution in [1.82, 2.24) is 19.8 Å². The van der Waals surface area contributed by atoms with Crippen LogP contribution in [0.5, 0.6) is 0 Å². The van der Waals surface area contributed by atoms with Gasteiger partial charge in [-0.05, 0) is 43.8 Å². The Morgan fingerprint density at radius 3 is 2.95 bits per heavy atom. The molecule has 4 heterocycles. The lowest BCUT2D eigenvalue weighted by molar-refractivity contribution is 0.228. The summed E-state index contributed by atoms with van der Waals surface area (Å²) in [5.41, 5.74) is 0. The zero-order chi connectivity index (χ0) is 14.2. The summed E-state index contributed by atoms with van der Waals surface area (Å²) in [4.78, 5) is 15.2. The summed E-state index contributed by atoms with van der Waals surface area (Å²) >= 11 is 7.88. The van der Waals surface area contributed by atoms with Crippen LogP contribution in [-0.4, -0.2) is 52.0 Å². The van der Waals surface area contributed by atoms with E-state index in [1.807, 2.05) is 11.4 Å². The van der Waals surface area contributed by atoms with Gasteiger partial charge in [0.2, 0.25) is 0 Å². The Labute approximate surface area is 133 Å². The number of thiophene rings is 1. The molecule has 0 bridgehead atoms. The number of hydrogen-bond acceptors (Lipinski definition) is 5. The van der Waals surface area contributed by atoms with Gasteiger partial charge in [0, 0.05) is 24.5 Å². The van der Waals surface area contributed by atoms with Gasteiger partial charge in [0.25, 0.3) is 0 Å². The fraction of sp³-hybridized carbons (Fsp3) is 0.600. The van der Waals surface area contributed by atoms with Crippen LogP contribution in [0.15, 0.2) is 11.4 Å². The number of aromatic nitrogens is 2. The molecule has 0 saturated carbocycles. The summed E-state index contributed by atoms with van der Waals surface area (Å²) < 4.78 is 0. The lowest BCUT2D eigenvalue weighted by Crippen LogP contribution is -2.35. The van der Waals surface area contributed by atoms with Crippen LogP contribution in [0.2, 0.25) is 5.15 Å². The minimum Gasteiger partial charge on any atom is -0.299 e. The van der Waals surface area contributed by atoms with Gasteiger partial charge in [0.05, 0.1) is 6.54 Å². The third-order valence-electron chi connectivity index (χ3n) is 4.59. The van der Waals surface area contributed by atoms with Gasteiger partial charge in [-0.1, -0.05) is 11.6 Å². The highest BCUT2D eigenvalue weighted by Crippen LogP contribution is 2.26. The predicted octanol–water partition coefficient (Wildman–Crippen LogP) is 3.01. The van der Waals surface area contributed by atoms with E-state index in [-0.39, 0.29) is 0 Å². The highest BCUT2D eigenvalue weighted by atomic mass is 35.5. The van der Waals surface area contributed by atoms with E-state index < -0.39 is 0 Å². The monoisotopic (exact) mass is 322 g/mol. The molecule has 21 heavy (non-hydrogen) atoms. The average Bonchev–Trinajstić information content (AvgIpc) is 3.19. The number of fused-ring (bicyclic) bond motifs is 1. The summed E-state index contributed by atoms with van der Waals surface area (Å²) in [6.07, 6.45) is 4.00. The zero-order valence-electron chi connectivity index (χ0n) is 12.0. The molecule has 0 aromatic carbocycles. The van der Waals surface area contributed by atoms with Crippen molar-refractivity contribution < 1.29 is 0 Å². The number of halogens is 1. The second-order valence-electron chi connectivity index (χ2n) is 5.99. The van der Waals surface area contributed by atoms with Crippen LogP contribution in [0.25, 0.3) is 10.2 Å². The van der Waals surface area contributed by atoms with Crippen LogP contribution >= 0.6 is 22.9 Å². The highest BCUT2D eigenvalue weighted by Gasteiger charge is 2.29. The van der Waals surface area contributed by atoms with Crippen LogP contribution < -0.4 is 0 Å². The largest absolute Gasteiger partial charge is 0.299 e. The molecule has 0 amide bonds. The summed E-state index contributed by atoms with van der Waals surface area (Å²) in [5, 5.41) is 3.59. The minimum absolute atomic E-state index is 0.589. The van der Waals surface area contributed by atoms with E-state index in [9.17, 15) is 0 Å². The van der Waals surface area contributed by atoms with Crippen molar-refractivity contribution in [2.75, 3.05) is 26.2 Å². The molecule has 2 aromatic heterocycles. The molecule has 2 aliphatic heterocycles. The number of nitrogens with zero attached hydrogens (tertiary/aromatic N) is 4. The summed E-state index contributed by atoms with van der Waals surface area (Å²) in [6, 6.07) is 2.72. The van der Waals surface area contributed by atoms with E-state index in [2.05, 4.69) is 19.8 Å². The van der Waals surface area contributed by atoms with Gasteiger partial charge >= 0.3 is 0 Å². The van der Waals surface area contributed by atoms with E-state index in [0.717, 1.165) is 41.7 Å². The fourth-order valence-electron chi connectivity index (χ4n) is 3.49. The maximum Gasteiger partial charge on any atom is 0.145 e. The SMILES string of the molecule is Clc1nc(CN2CCC(N3CCCC3)C2)nc2sccc12. The molecule has 1 atom stereocenters. The van der Waals surface area contributed by atoms with Crippen LogP contribution in [0.3, 0.4) is 0 Å². The molecular formula is C15H19ClN4S. The topological polar surface area (TPSA) is 32.3 Å². The number of hydrogen-bond donors (Lipinski definition) is 0. The second-order valence-corrected chi connectivity index (χ2v) is 7.24. The first-order valence-electron chi connectivity index (χ1n) is 7.65. The minimum atomic E-state index is 0.589. The van der Waals surface area contributed by atoms with Crippen LogP contribution in [0.1, 0.15) is 25.1 Å². The molecule has 0 radical (unpaired) electrons. The van der Waals surface area contributed by atoms with Crippen LogP contribution in [0, 0.1) is 0 Å². The predicted molar refractivity (Wildman–Crippen MR) is 86.9 cm³/mol. The molecule has 4 nitrogen and oxygen atoms in total. The Morgan fingerprint density at radius 2 is 2.10 bits per heavy atom. The third-order valence-corrected chi connectivity index (χ3v) is 5.69. The van der Waals surface area contributed by atoms with Crippen LogP contribution in [-0.2, 0) is 6.54 Å². The van der Waals surface area contributed by atoms with E-state index >= 15 is 0 Å². The lowest BCUT2D eigenvalue weighted by Gasteiger charge is -2.23. The molecule has 0 N–H and O–H groups in total. The van der Waals surface area contributed by atoms with Crippen molar-refractivity contribution in [3.8, 4) is 0 Å². The molecule has 0 aliphatic carbocycles. The fourth-order valence-corrected chi connectivity index (χ4v) is 4.58. The maximum atomic E-state index is 6.25. The van der Waals surface area contributed by atoms with Crippen molar-refractivity contribution in [3.05, 3.63) is 22.4 Å². The molecule has 6 heteroatoms. The summed E-state index contributed by atoms with van der Waals surface area (Å²) in [5.74, 6) is 0.858.